The summed E-state index contributed by atoms with van der Waals surface area (Å²) in [6.07, 6.45) is 0. The van der Waals surface area contributed by atoms with Crippen LogP contribution in [0.25, 0.3) is 0 Å². The van der Waals surface area contributed by atoms with E-state index in [0.29, 0.717) is 0 Å². The van der Waals surface area contributed by atoms with Crippen molar-refractivity contribution in [1.82, 2.24) is 0 Å². The van der Waals surface area contributed by atoms with Gasteiger partial charge in [-0.2, -0.15) is 0 Å². The summed E-state index contributed by atoms with van der Waals surface area (Å²) in [4.78, 5) is 10.8. The number of rotatable bonds is 2. The van der Waals surface area contributed by atoms with Crippen LogP contribution in [0.15, 0.2) is 12.1 Å². The van der Waals surface area contributed by atoms with Gasteiger partial charge in [-0.3, -0.25) is 4.79 Å². The van der Waals surface area contributed by atoms with Gasteiger partial charge in [-0.05, 0) is 12.1 Å². The molecular weight excluding hydrogens is 240 g/mol. The zero-order chi connectivity index (χ0) is 11.6. The molecule has 0 unspecified atom stereocenters. The number of carbonyl (C=O) groups excluding carboxylic acids is 1. The van der Waals surface area contributed by atoms with E-state index < -0.39 is 7.12 Å². The van der Waals surface area contributed by atoms with Crippen LogP contribution < -0.4 is 10.8 Å². The molecule has 15 heavy (non-hydrogen) atoms. The van der Waals surface area contributed by atoms with E-state index in [4.69, 9.17) is 33.2 Å². The average Bonchev–Trinajstić information content (AvgIpc) is 2.09. The number of amides is 1. The van der Waals surface area contributed by atoms with Gasteiger partial charge in [-0.15, -0.1) is 0 Å². The first kappa shape index (κ1) is 12.3. The molecule has 1 aromatic carbocycles. The molecule has 0 fully saturated rings. The maximum absolute atomic E-state index is 10.8. The van der Waals surface area contributed by atoms with E-state index in [1.54, 1.807) is 0 Å². The molecule has 0 atom stereocenters. The first-order chi connectivity index (χ1) is 6.93. The zero-order valence-electron chi connectivity index (χ0n) is 7.79. The van der Waals surface area contributed by atoms with E-state index in [1.165, 1.54) is 19.1 Å². The van der Waals surface area contributed by atoms with Gasteiger partial charge in [0, 0.05) is 17.4 Å². The van der Waals surface area contributed by atoms with E-state index in [-0.39, 0.29) is 27.1 Å². The quantitative estimate of drug-likeness (QED) is 0.672. The summed E-state index contributed by atoms with van der Waals surface area (Å²) in [6.45, 7) is 1.32. The molecule has 80 valence electrons. The van der Waals surface area contributed by atoms with Crippen molar-refractivity contribution in [3.8, 4) is 0 Å². The second-order valence-electron chi connectivity index (χ2n) is 2.88. The second-order valence-corrected chi connectivity index (χ2v) is 3.66. The van der Waals surface area contributed by atoms with Crippen LogP contribution in [0.1, 0.15) is 6.92 Å². The highest BCUT2D eigenvalue weighted by atomic mass is 35.5. The molecule has 0 aliphatic rings. The molecule has 0 saturated heterocycles. The normalized spacial score (nSPS) is 9.93. The molecule has 0 heterocycles. The van der Waals surface area contributed by atoms with E-state index in [2.05, 4.69) is 5.32 Å². The minimum Gasteiger partial charge on any atom is -0.423 e. The maximum atomic E-state index is 10.8. The van der Waals surface area contributed by atoms with Crippen molar-refractivity contribution in [2.45, 2.75) is 6.92 Å². The Kier molecular flexibility index (Phi) is 3.99. The summed E-state index contributed by atoms with van der Waals surface area (Å²) in [5.74, 6) is -0.308. The summed E-state index contributed by atoms with van der Waals surface area (Å²) in [7, 11) is -1.78. The molecule has 7 heteroatoms. The molecule has 0 aromatic heterocycles. The Balaban J connectivity index is 3.22. The number of nitrogens with one attached hydrogen (secondary N) is 1. The largest absolute Gasteiger partial charge is 0.491 e. The Hall–Kier alpha value is -0.745. The van der Waals surface area contributed by atoms with Gasteiger partial charge in [0.2, 0.25) is 5.91 Å². The third kappa shape index (κ3) is 2.85. The molecule has 0 spiro atoms. The van der Waals surface area contributed by atoms with Crippen molar-refractivity contribution in [1.29, 1.82) is 0 Å². The number of carbonyl (C=O) groups is 1. The van der Waals surface area contributed by atoms with Crippen molar-refractivity contribution in [2.24, 2.45) is 0 Å². The summed E-state index contributed by atoms with van der Waals surface area (Å²) in [6, 6.07) is 2.91. The second kappa shape index (κ2) is 4.85. The number of hydrogen-bond acceptors (Lipinski definition) is 3. The van der Waals surface area contributed by atoms with Crippen LogP contribution >= 0.6 is 23.2 Å². The van der Waals surface area contributed by atoms with E-state index in [0.717, 1.165) is 0 Å². The Bertz CT molecular complexity index is 398. The minimum atomic E-state index is -1.78. The fourth-order valence-electron chi connectivity index (χ4n) is 1.09. The van der Waals surface area contributed by atoms with Crippen LogP contribution in [0.4, 0.5) is 5.69 Å². The van der Waals surface area contributed by atoms with E-state index in [9.17, 15) is 4.79 Å². The number of benzene rings is 1. The monoisotopic (exact) mass is 247 g/mol. The lowest BCUT2D eigenvalue weighted by Crippen LogP contribution is -2.32. The fourth-order valence-corrected chi connectivity index (χ4v) is 1.71. The summed E-state index contributed by atoms with van der Waals surface area (Å²) >= 11 is 11.5. The van der Waals surface area contributed by atoms with Gasteiger partial charge in [-0.25, -0.2) is 0 Å². The standard InChI is InChI=1S/C8H8BCl2NO3/c1-4(13)12-6-3-2-5(10)7(8(6)11)9(14)15/h2-3,14-15H,1H3,(H,12,13). The van der Waals surface area contributed by atoms with E-state index in [1.807, 2.05) is 0 Å². The molecule has 1 rings (SSSR count). The Labute approximate surface area is 97.0 Å². The third-order valence-electron chi connectivity index (χ3n) is 1.70. The SMILES string of the molecule is CC(=O)Nc1ccc(Cl)c(B(O)O)c1Cl. The van der Waals surface area contributed by atoms with Crippen molar-refractivity contribution in [3.63, 3.8) is 0 Å². The van der Waals surface area contributed by atoms with Crippen molar-refractivity contribution < 1.29 is 14.8 Å². The molecule has 0 bridgehead atoms. The molecule has 3 N–H and O–H groups in total. The summed E-state index contributed by atoms with van der Waals surface area (Å²) in [5.41, 5.74) is 0.265. The molecule has 1 amide bonds. The topological polar surface area (TPSA) is 69.6 Å². The average molecular weight is 248 g/mol. The summed E-state index contributed by atoms with van der Waals surface area (Å²) < 4.78 is 0. The van der Waals surface area contributed by atoms with Gasteiger partial charge in [0.1, 0.15) is 0 Å². The first-order valence-corrected chi connectivity index (χ1v) is 4.80. The lowest BCUT2D eigenvalue weighted by atomic mass is 9.80. The van der Waals surface area contributed by atoms with Crippen LogP contribution in [0.3, 0.4) is 0 Å². The van der Waals surface area contributed by atoms with Crippen LogP contribution in [-0.2, 0) is 4.79 Å². The highest BCUT2D eigenvalue weighted by Crippen LogP contribution is 2.23. The first-order valence-electron chi connectivity index (χ1n) is 4.05. The third-order valence-corrected chi connectivity index (χ3v) is 2.43. The fraction of sp³-hybridized carbons (Fsp3) is 0.125. The Morgan fingerprint density at radius 2 is 2.00 bits per heavy atom. The van der Waals surface area contributed by atoms with Crippen LogP contribution in [-0.4, -0.2) is 23.1 Å². The predicted molar refractivity (Wildman–Crippen MR) is 60.6 cm³/mol. The van der Waals surface area contributed by atoms with Gasteiger partial charge < -0.3 is 15.4 Å². The lowest BCUT2D eigenvalue weighted by Gasteiger charge is -2.10. The lowest BCUT2D eigenvalue weighted by molar-refractivity contribution is -0.114. The number of hydrogen-bond donors (Lipinski definition) is 3. The highest BCUT2D eigenvalue weighted by Gasteiger charge is 2.21. The van der Waals surface area contributed by atoms with Crippen molar-refractivity contribution >= 4 is 47.4 Å². The number of halogens is 2. The van der Waals surface area contributed by atoms with Gasteiger partial charge in [0.15, 0.2) is 0 Å². The van der Waals surface area contributed by atoms with Gasteiger partial charge >= 0.3 is 7.12 Å². The molecule has 0 saturated carbocycles. The van der Waals surface area contributed by atoms with Crippen LogP contribution in [0, 0.1) is 0 Å². The van der Waals surface area contributed by atoms with Gasteiger partial charge in [-0.1, -0.05) is 23.2 Å². The highest BCUT2D eigenvalue weighted by molar-refractivity contribution is 6.67. The van der Waals surface area contributed by atoms with Crippen molar-refractivity contribution in [2.75, 3.05) is 5.32 Å². The minimum absolute atomic E-state index is 0.0210. The number of anilines is 1. The van der Waals surface area contributed by atoms with Gasteiger partial charge in [0.05, 0.1) is 10.7 Å². The van der Waals surface area contributed by atoms with Gasteiger partial charge in [0.25, 0.3) is 0 Å². The van der Waals surface area contributed by atoms with Crippen LogP contribution in [0.2, 0.25) is 10.0 Å². The predicted octanol–water partition coefficient (Wildman–Crippen LogP) is 0.632. The zero-order valence-corrected chi connectivity index (χ0v) is 9.30. The Morgan fingerprint density at radius 1 is 1.40 bits per heavy atom. The smallest absolute Gasteiger partial charge is 0.423 e. The van der Waals surface area contributed by atoms with Crippen molar-refractivity contribution in [3.05, 3.63) is 22.2 Å². The molecular formula is C8H8BCl2NO3. The molecule has 0 aliphatic heterocycles. The summed E-state index contributed by atoms with van der Waals surface area (Å²) in [5, 5.41) is 20.6. The maximum Gasteiger partial charge on any atom is 0.491 e. The molecule has 0 aliphatic carbocycles. The van der Waals surface area contributed by atoms with Crippen LogP contribution in [0.5, 0.6) is 0 Å². The molecule has 4 nitrogen and oxygen atoms in total. The molecule has 1 aromatic rings. The Morgan fingerprint density at radius 3 is 2.47 bits per heavy atom. The molecule has 0 radical (unpaired) electrons. The van der Waals surface area contributed by atoms with E-state index >= 15 is 0 Å².